The molecule has 11 heteroatoms. The molecule has 33 heavy (non-hydrogen) atoms. The van der Waals surface area contributed by atoms with Crippen molar-refractivity contribution in [3.63, 3.8) is 0 Å². The van der Waals surface area contributed by atoms with E-state index in [0.717, 1.165) is 0 Å². The van der Waals surface area contributed by atoms with Crippen molar-refractivity contribution >= 4 is 29.0 Å². The molecule has 1 heterocycles. The van der Waals surface area contributed by atoms with Gasteiger partial charge >= 0.3 is 0 Å². The minimum absolute atomic E-state index is 0.0445. The summed E-state index contributed by atoms with van der Waals surface area (Å²) in [5.41, 5.74) is -0.376. The first-order valence-electron chi connectivity index (χ1n) is 10.2. The summed E-state index contributed by atoms with van der Waals surface area (Å²) in [6, 6.07) is 3.35. The predicted octanol–water partition coefficient (Wildman–Crippen LogP) is 2.83. The summed E-state index contributed by atoms with van der Waals surface area (Å²) in [4.78, 5) is 36.7. The summed E-state index contributed by atoms with van der Waals surface area (Å²) < 4.78 is 16.0. The van der Waals surface area contributed by atoms with Gasteiger partial charge in [-0.2, -0.15) is 4.98 Å². The van der Waals surface area contributed by atoms with Gasteiger partial charge in [-0.05, 0) is 12.3 Å². The average Bonchev–Trinajstić information content (AvgIpc) is 2.79. The minimum Gasteiger partial charge on any atom is -0.493 e. The molecule has 3 aromatic rings. The second kappa shape index (κ2) is 9.31. The first kappa shape index (κ1) is 23.8. The Labute approximate surface area is 191 Å². The summed E-state index contributed by atoms with van der Waals surface area (Å²) >= 11 is 0. The summed E-state index contributed by atoms with van der Waals surface area (Å²) in [6.45, 7) is 8.06. The number of aromatic nitrogens is 3. The Morgan fingerprint density at radius 2 is 1.39 bits per heavy atom. The number of ether oxygens (including phenoxy) is 3. The fraction of sp³-hybridized carbons (Fsp3) is 0.409. The predicted molar refractivity (Wildman–Crippen MR) is 126 cm³/mol. The molecule has 0 aliphatic carbocycles. The van der Waals surface area contributed by atoms with Gasteiger partial charge in [-0.15, -0.1) is 0 Å². The van der Waals surface area contributed by atoms with Gasteiger partial charge in [0.05, 0.1) is 21.3 Å². The topological polar surface area (TPSA) is 137 Å². The van der Waals surface area contributed by atoms with Crippen molar-refractivity contribution in [3.8, 4) is 17.2 Å². The number of nitrogens with zero attached hydrogens (tertiary/aromatic N) is 3. The molecular weight excluding hydrogens is 428 g/mol. The number of nitrogens with one attached hydrogen (secondary N) is 3. The van der Waals surface area contributed by atoms with Crippen LogP contribution in [0.4, 0.5) is 29.0 Å². The maximum Gasteiger partial charge on any atom is 0.253 e. The van der Waals surface area contributed by atoms with Crippen molar-refractivity contribution in [2.45, 2.75) is 33.7 Å². The highest BCUT2D eigenvalue weighted by Gasteiger charge is 2.27. The third-order valence-corrected chi connectivity index (χ3v) is 5.30. The van der Waals surface area contributed by atoms with Crippen LogP contribution in [-0.4, -0.2) is 42.3 Å². The zero-order valence-corrected chi connectivity index (χ0v) is 19.7. The van der Waals surface area contributed by atoms with Crippen LogP contribution in [0.3, 0.4) is 0 Å². The Kier molecular flexibility index (Phi) is 6.70. The van der Waals surface area contributed by atoms with Crippen LogP contribution < -0.4 is 41.0 Å². The van der Waals surface area contributed by atoms with Gasteiger partial charge in [-0.25, -0.2) is 9.97 Å². The molecule has 2 aromatic carbocycles. The zero-order valence-electron chi connectivity index (χ0n) is 19.7. The summed E-state index contributed by atoms with van der Waals surface area (Å²) in [5, 5.41) is 8.98. The van der Waals surface area contributed by atoms with Crippen LogP contribution in [0.15, 0.2) is 28.0 Å². The van der Waals surface area contributed by atoms with E-state index in [2.05, 4.69) is 30.9 Å². The molecule has 1 aromatic heterocycles. The van der Waals surface area contributed by atoms with Crippen molar-refractivity contribution in [1.82, 2.24) is 15.0 Å². The highest BCUT2D eigenvalue weighted by atomic mass is 16.5. The summed E-state index contributed by atoms with van der Waals surface area (Å²) in [5.74, 6) is 1.68. The van der Waals surface area contributed by atoms with Crippen molar-refractivity contribution in [2.24, 2.45) is 5.41 Å². The van der Waals surface area contributed by atoms with E-state index < -0.39 is 10.9 Å². The van der Waals surface area contributed by atoms with E-state index in [0.29, 0.717) is 22.9 Å². The second-order valence-corrected chi connectivity index (χ2v) is 8.44. The van der Waals surface area contributed by atoms with Crippen molar-refractivity contribution in [3.05, 3.63) is 38.9 Å². The van der Waals surface area contributed by atoms with Crippen LogP contribution in [0.2, 0.25) is 0 Å². The van der Waals surface area contributed by atoms with E-state index in [9.17, 15) is 9.59 Å². The molecule has 0 fully saturated rings. The molecule has 0 radical (unpaired) electrons. The maximum atomic E-state index is 12.1. The highest BCUT2D eigenvalue weighted by Crippen LogP contribution is 2.40. The summed E-state index contributed by atoms with van der Waals surface area (Å²) in [7, 11) is 4.55. The fourth-order valence-electron chi connectivity index (χ4n) is 2.89. The molecule has 0 unspecified atom stereocenters. The van der Waals surface area contributed by atoms with Gasteiger partial charge in [0, 0.05) is 23.9 Å². The lowest BCUT2D eigenvalue weighted by Gasteiger charge is -2.30. The van der Waals surface area contributed by atoms with Crippen LogP contribution in [0.1, 0.15) is 27.7 Å². The molecule has 0 aliphatic heterocycles. The van der Waals surface area contributed by atoms with E-state index in [-0.39, 0.29) is 34.7 Å². The lowest BCUT2D eigenvalue weighted by atomic mass is 9.87. The van der Waals surface area contributed by atoms with E-state index >= 15 is 0 Å². The molecular formula is C22H28N6O5. The van der Waals surface area contributed by atoms with E-state index in [1.54, 1.807) is 12.1 Å². The van der Waals surface area contributed by atoms with Crippen molar-refractivity contribution in [1.29, 1.82) is 0 Å². The second-order valence-electron chi connectivity index (χ2n) is 8.44. The molecule has 0 saturated carbocycles. The molecule has 3 N–H and O–H groups in total. The Morgan fingerprint density at radius 3 is 1.91 bits per heavy atom. The van der Waals surface area contributed by atoms with E-state index in [1.165, 1.54) is 27.7 Å². The number of rotatable bonds is 9. The third kappa shape index (κ3) is 4.97. The van der Waals surface area contributed by atoms with Crippen LogP contribution in [0.5, 0.6) is 17.2 Å². The number of hydrogen-bond acceptors (Lipinski definition) is 11. The zero-order chi connectivity index (χ0) is 24.3. The molecule has 3 rings (SSSR count). The number of benzene rings is 1. The lowest BCUT2D eigenvalue weighted by molar-refractivity contribution is 0.324. The number of hydrogen-bond donors (Lipinski definition) is 3. The van der Waals surface area contributed by atoms with Crippen LogP contribution in [-0.2, 0) is 0 Å². The molecule has 0 aliphatic rings. The van der Waals surface area contributed by atoms with Gasteiger partial charge < -0.3 is 30.2 Å². The first-order chi connectivity index (χ1) is 15.6. The molecule has 0 bridgehead atoms. The van der Waals surface area contributed by atoms with Gasteiger partial charge in [0.15, 0.2) is 11.5 Å². The van der Waals surface area contributed by atoms with Crippen molar-refractivity contribution < 1.29 is 14.2 Å². The van der Waals surface area contributed by atoms with E-state index in [4.69, 9.17) is 14.2 Å². The third-order valence-electron chi connectivity index (χ3n) is 5.30. The Hall–Kier alpha value is -3.89. The Balaban J connectivity index is 1.83. The summed E-state index contributed by atoms with van der Waals surface area (Å²) in [6.07, 6.45) is 1.28. The SMILES string of the molecule is COc1cc(Nc2ncnc(Nc3c(N[C@H](C)C(C)(C)C)c(=O)c3=O)n2)cc(OC)c1OC. The molecule has 1 atom stereocenters. The van der Waals surface area contributed by atoms with Gasteiger partial charge in [-0.1, -0.05) is 20.8 Å². The van der Waals surface area contributed by atoms with Crippen LogP contribution in [0, 0.1) is 5.41 Å². The minimum atomic E-state index is -0.627. The first-order valence-corrected chi connectivity index (χ1v) is 10.2. The van der Waals surface area contributed by atoms with Crippen molar-refractivity contribution in [2.75, 3.05) is 37.3 Å². The largest absolute Gasteiger partial charge is 0.493 e. The highest BCUT2D eigenvalue weighted by molar-refractivity contribution is 5.77. The van der Waals surface area contributed by atoms with Gasteiger partial charge in [0.25, 0.3) is 10.9 Å². The maximum absolute atomic E-state index is 12.1. The smallest absolute Gasteiger partial charge is 0.253 e. The van der Waals surface area contributed by atoms with Gasteiger partial charge in [0.1, 0.15) is 17.7 Å². The lowest BCUT2D eigenvalue weighted by Crippen LogP contribution is -2.41. The Bertz CT molecular complexity index is 1190. The fourth-order valence-corrected chi connectivity index (χ4v) is 2.89. The quantitative estimate of drug-likeness (QED) is 0.410. The standard InChI is InChI=1S/C22H28N6O5/c1-11(22(2,3)4)25-15-16(18(30)17(15)29)27-21-24-10-23-20(28-21)26-12-8-13(31-5)19(33-7)14(9-12)32-6/h8-11,25H,1-7H3,(H2,23,24,26,27,28)/t11-/m1/s1. The normalized spacial score (nSPS) is 12.2. The molecule has 0 spiro atoms. The average molecular weight is 457 g/mol. The van der Waals surface area contributed by atoms with Crippen LogP contribution in [0.25, 0.3) is 0 Å². The van der Waals surface area contributed by atoms with E-state index in [1.807, 2.05) is 27.7 Å². The van der Waals surface area contributed by atoms with Gasteiger partial charge in [-0.3, -0.25) is 9.59 Å². The molecule has 0 amide bonds. The van der Waals surface area contributed by atoms with Gasteiger partial charge in [0.2, 0.25) is 17.6 Å². The number of anilines is 5. The molecule has 11 nitrogen and oxygen atoms in total. The molecule has 176 valence electrons. The molecule has 0 saturated heterocycles. The van der Waals surface area contributed by atoms with Crippen LogP contribution >= 0.6 is 0 Å². The number of methoxy groups -OCH3 is 3. The monoisotopic (exact) mass is 456 g/mol. The Morgan fingerprint density at radius 1 is 0.848 bits per heavy atom.